The number of carbonyl (C=O) groups is 1. The average Bonchev–Trinajstić information content (AvgIpc) is 3.44. The maximum Gasteiger partial charge on any atom is 0.338 e. The highest BCUT2D eigenvalue weighted by Gasteiger charge is 2.36. The van der Waals surface area contributed by atoms with E-state index in [4.69, 9.17) is 4.74 Å². The van der Waals surface area contributed by atoms with Crippen molar-refractivity contribution in [2.24, 2.45) is 5.92 Å². The van der Waals surface area contributed by atoms with Crippen molar-refractivity contribution in [3.63, 3.8) is 0 Å². The van der Waals surface area contributed by atoms with Crippen LogP contribution in [0.25, 0.3) is 32.7 Å². The van der Waals surface area contributed by atoms with Crippen LogP contribution in [0.2, 0.25) is 0 Å². The van der Waals surface area contributed by atoms with Gasteiger partial charge >= 0.3 is 5.97 Å². The summed E-state index contributed by atoms with van der Waals surface area (Å²) in [6.07, 6.45) is 0.927. The molecule has 0 amide bonds. The number of esters is 1. The zero-order valence-electron chi connectivity index (χ0n) is 15.1. The smallest absolute Gasteiger partial charge is 0.338 e. The summed E-state index contributed by atoms with van der Waals surface area (Å²) in [5.74, 6) is -0.156. The van der Waals surface area contributed by atoms with Gasteiger partial charge in [-0.3, -0.25) is 19.2 Å². The second kappa shape index (κ2) is 5.32. The van der Waals surface area contributed by atoms with Crippen LogP contribution in [-0.2, 0) is 4.74 Å². The largest absolute Gasteiger partial charge is 0.465 e. The zero-order valence-corrected chi connectivity index (χ0v) is 15.1. The number of benzene rings is 4. The predicted octanol–water partition coefficient (Wildman–Crippen LogP) is 1.76. The minimum absolute atomic E-state index is 0.0368. The summed E-state index contributed by atoms with van der Waals surface area (Å²) in [5, 5.41) is 0.146. The summed E-state index contributed by atoms with van der Waals surface area (Å²) in [7, 11) is 1.17. The second-order valence-electron chi connectivity index (χ2n) is 7.53. The molecule has 0 saturated heterocycles. The minimum Gasteiger partial charge on any atom is -0.465 e. The summed E-state index contributed by atoms with van der Waals surface area (Å²) >= 11 is 0. The van der Waals surface area contributed by atoms with Crippen molar-refractivity contribution in [2.75, 3.05) is 7.11 Å². The van der Waals surface area contributed by atoms with Crippen molar-refractivity contribution < 1.29 is 9.53 Å². The van der Waals surface area contributed by atoms with Gasteiger partial charge in [0.1, 0.15) is 0 Å². The first-order chi connectivity index (χ1) is 13.3. The Morgan fingerprint density at radius 1 is 0.893 bits per heavy atom. The maximum atomic E-state index is 12.9. The molecule has 2 aromatic carbocycles. The number of carbonyl (C=O) groups excluding carboxylic acids is 1. The highest BCUT2D eigenvalue weighted by atomic mass is 16.5. The Bertz CT molecular complexity index is 1490. The van der Waals surface area contributed by atoms with E-state index in [2.05, 4.69) is 6.92 Å². The normalized spacial score (nSPS) is 18.9. The molecule has 5 rings (SSSR count). The third kappa shape index (κ3) is 1.94. The summed E-state index contributed by atoms with van der Waals surface area (Å²) in [6.45, 7) is 2.06. The molecule has 1 unspecified atom stereocenters. The van der Waals surface area contributed by atoms with Crippen molar-refractivity contribution in [1.29, 1.82) is 0 Å². The van der Waals surface area contributed by atoms with Gasteiger partial charge in [-0.2, -0.15) is 0 Å². The number of ether oxygens (including phenoxy) is 1. The van der Waals surface area contributed by atoms with Crippen LogP contribution in [0.1, 0.15) is 35.2 Å². The van der Waals surface area contributed by atoms with Crippen molar-refractivity contribution in [3.8, 4) is 11.1 Å². The predicted molar refractivity (Wildman–Crippen MR) is 105 cm³/mol. The van der Waals surface area contributed by atoms with Gasteiger partial charge in [0.25, 0.3) is 0 Å². The van der Waals surface area contributed by atoms with Gasteiger partial charge in [0.2, 0.25) is 21.7 Å². The topological polar surface area (TPSA) is 94.6 Å². The Kier molecular flexibility index (Phi) is 3.18. The van der Waals surface area contributed by atoms with Gasteiger partial charge < -0.3 is 4.74 Å². The Hall–Kier alpha value is -3.41. The van der Waals surface area contributed by atoms with Crippen molar-refractivity contribution >= 4 is 27.5 Å². The van der Waals surface area contributed by atoms with Crippen LogP contribution < -0.4 is 21.7 Å². The van der Waals surface area contributed by atoms with E-state index < -0.39 is 27.7 Å². The van der Waals surface area contributed by atoms with E-state index in [1.807, 2.05) is 0 Å². The molecule has 0 bridgehead atoms. The van der Waals surface area contributed by atoms with Gasteiger partial charge in [0.15, 0.2) is 0 Å². The number of rotatable bonds is 2. The van der Waals surface area contributed by atoms with Gasteiger partial charge in [0, 0.05) is 32.7 Å². The third-order valence-electron chi connectivity index (χ3n) is 5.93. The fraction of sp³-hybridized carbons (Fsp3) is 0.227. The highest BCUT2D eigenvalue weighted by Crippen LogP contribution is 2.48. The van der Waals surface area contributed by atoms with Gasteiger partial charge in [-0.25, -0.2) is 4.79 Å². The lowest BCUT2D eigenvalue weighted by molar-refractivity contribution is 0.0603. The van der Waals surface area contributed by atoms with Crippen molar-refractivity contribution in [2.45, 2.75) is 19.3 Å². The van der Waals surface area contributed by atoms with Crippen LogP contribution in [-0.4, -0.2) is 13.1 Å². The average molecular weight is 374 g/mol. The van der Waals surface area contributed by atoms with E-state index >= 15 is 0 Å². The standard InChI is InChI=1S/C22H14O6/c1-8-5-12(8)9-6-13-15-14(7-9)20(25)21(26)17-11(22(27)28-2)4-3-10(16(15)17)18(23)19(13)24/h3-4,6-8,12H,5H2,1-2H3/t8?,12-/m0/s1. The van der Waals surface area contributed by atoms with Crippen LogP contribution in [0.15, 0.2) is 43.4 Å². The minimum atomic E-state index is -0.862. The summed E-state index contributed by atoms with van der Waals surface area (Å²) in [5.41, 5.74) is -1.90. The number of methoxy groups -OCH3 is 1. The molecule has 0 aliphatic heterocycles. The van der Waals surface area contributed by atoms with Gasteiger partial charge in [-0.15, -0.1) is 0 Å². The fourth-order valence-electron chi connectivity index (χ4n) is 4.34. The molecule has 0 spiro atoms. The first kappa shape index (κ1) is 16.7. The summed E-state index contributed by atoms with van der Waals surface area (Å²) in [4.78, 5) is 63.4. The molecule has 0 heterocycles. The van der Waals surface area contributed by atoms with Crippen molar-refractivity contribution in [3.05, 3.63) is 76.3 Å². The SMILES string of the molecule is COC(=O)c1ccc2c3c1c(=O)c(=O)c1cc([C@H]4CC4C)cc(c1-3)c(=O)c2=O. The monoisotopic (exact) mass is 374 g/mol. The fourth-order valence-corrected chi connectivity index (χ4v) is 4.34. The molecule has 138 valence electrons. The molecule has 0 radical (unpaired) electrons. The number of hydrogen-bond acceptors (Lipinski definition) is 6. The molecule has 6 nitrogen and oxygen atoms in total. The molecular weight excluding hydrogens is 360 g/mol. The zero-order chi connectivity index (χ0) is 19.9. The first-order valence-electron chi connectivity index (χ1n) is 8.96. The van der Waals surface area contributed by atoms with E-state index in [0.29, 0.717) is 5.92 Å². The third-order valence-corrected chi connectivity index (χ3v) is 5.93. The molecule has 0 N–H and O–H groups in total. The summed E-state index contributed by atoms with van der Waals surface area (Å²) in [6, 6.07) is 5.92. The Morgan fingerprint density at radius 3 is 2.04 bits per heavy atom. The van der Waals surface area contributed by atoms with E-state index in [1.54, 1.807) is 12.1 Å². The first-order valence-corrected chi connectivity index (χ1v) is 8.96. The maximum absolute atomic E-state index is 12.9. The van der Waals surface area contributed by atoms with Gasteiger partial charge in [-0.05, 0) is 48.1 Å². The quantitative estimate of drug-likeness (QED) is 0.301. The van der Waals surface area contributed by atoms with Gasteiger partial charge in [-0.1, -0.05) is 6.92 Å². The van der Waals surface area contributed by atoms with Crippen LogP contribution in [0.4, 0.5) is 0 Å². The highest BCUT2D eigenvalue weighted by molar-refractivity contribution is 6.16. The molecule has 2 aromatic rings. The molecule has 3 aliphatic rings. The molecule has 6 heteroatoms. The molecule has 1 fully saturated rings. The van der Waals surface area contributed by atoms with Crippen LogP contribution >= 0.6 is 0 Å². The molecule has 2 atom stereocenters. The van der Waals surface area contributed by atoms with E-state index in [-0.39, 0.29) is 44.2 Å². The van der Waals surface area contributed by atoms with E-state index in [0.717, 1.165) is 12.0 Å². The van der Waals surface area contributed by atoms with Crippen LogP contribution in [0.5, 0.6) is 0 Å². The Morgan fingerprint density at radius 2 is 1.46 bits per heavy atom. The number of hydrogen-bond donors (Lipinski definition) is 0. The second-order valence-corrected chi connectivity index (χ2v) is 7.53. The molecule has 0 aromatic heterocycles. The molecular formula is C22H14O6. The van der Waals surface area contributed by atoms with Crippen LogP contribution in [0.3, 0.4) is 0 Å². The summed E-state index contributed by atoms with van der Waals surface area (Å²) < 4.78 is 4.73. The lowest BCUT2D eigenvalue weighted by Gasteiger charge is -2.17. The Balaban J connectivity index is 2.10. The molecule has 28 heavy (non-hydrogen) atoms. The lowest BCUT2D eigenvalue weighted by atomic mass is 9.84. The Labute approximate surface area is 157 Å². The molecule has 3 aliphatic carbocycles. The van der Waals surface area contributed by atoms with Crippen LogP contribution in [0, 0.1) is 5.92 Å². The van der Waals surface area contributed by atoms with Gasteiger partial charge in [0.05, 0.1) is 12.7 Å². The molecule has 1 saturated carbocycles. The lowest BCUT2D eigenvalue weighted by Crippen LogP contribution is -2.32. The van der Waals surface area contributed by atoms with E-state index in [1.165, 1.54) is 19.2 Å². The van der Waals surface area contributed by atoms with Crippen molar-refractivity contribution in [1.82, 2.24) is 0 Å². The van der Waals surface area contributed by atoms with E-state index in [9.17, 15) is 24.0 Å².